The van der Waals surface area contributed by atoms with E-state index in [-0.39, 0.29) is 5.69 Å². The predicted octanol–water partition coefficient (Wildman–Crippen LogP) is 4.06. The number of carboxylic acids is 1. The molecule has 0 amide bonds. The zero-order valence-corrected chi connectivity index (χ0v) is 13.3. The maximum atomic E-state index is 11.0. The van der Waals surface area contributed by atoms with Crippen LogP contribution in [-0.4, -0.2) is 20.9 Å². The Hall–Kier alpha value is -1.62. The van der Waals surface area contributed by atoms with Gasteiger partial charge in [-0.05, 0) is 30.0 Å². The zero-order chi connectivity index (χ0) is 14.9. The molecule has 0 saturated heterocycles. The van der Waals surface area contributed by atoms with E-state index in [1.807, 2.05) is 12.1 Å². The molecule has 0 aliphatic carbocycles. The first kappa shape index (κ1) is 14.8. The number of aromatic carboxylic acids is 1. The Morgan fingerprint density at radius 1 is 1.45 bits per heavy atom. The van der Waals surface area contributed by atoms with E-state index >= 15 is 0 Å². The highest BCUT2D eigenvalue weighted by Gasteiger charge is 2.14. The molecule has 2 rings (SSSR count). The summed E-state index contributed by atoms with van der Waals surface area (Å²) in [6, 6.07) is 7.70. The van der Waals surface area contributed by atoms with Crippen molar-refractivity contribution in [2.75, 3.05) is 0 Å². The van der Waals surface area contributed by atoms with Crippen LogP contribution in [0.3, 0.4) is 0 Å². The maximum Gasteiger partial charge on any atom is 0.356 e. The SMILES string of the molecule is CCC(C)c1ccc(-c2cc(C(=O)O)nn2C)cc1Br. The van der Waals surface area contributed by atoms with E-state index in [1.165, 1.54) is 5.56 Å². The molecular weight excluding hydrogens is 320 g/mol. The molecular formula is C15H17BrN2O2. The second kappa shape index (κ2) is 5.79. The highest BCUT2D eigenvalue weighted by atomic mass is 79.9. The minimum atomic E-state index is -1.01. The fourth-order valence-corrected chi connectivity index (χ4v) is 2.92. The van der Waals surface area contributed by atoms with Gasteiger partial charge in [-0.1, -0.05) is 41.9 Å². The van der Waals surface area contributed by atoms with Crippen LogP contribution in [0.5, 0.6) is 0 Å². The molecule has 20 heavy (non-hydrogen) atoms. The van der Waals surface area contributed by atoms with Crippen molar-refractivity contribution in [3.05, 3.63) is 40.0 Å². The molecule has 0 radical (unpaired) electrons. The second-order valence-corrected chi connectivity index (χ2v) is 5.74. The van der Waals surface area contributed by atoms with Gasteiger partial charge in [-0.2, -0.15) is 5.10 Å². The van der Waals surface area contributed by atoms with E-state index in [9.17, 15) is 4.79 Å². The molecule has 5 heteroatoms. The molecule has 1 atom stereocenters. The molecule has 2 aromatic rings. The molecule has 4 nitrogen and oxygen atoms in total. The van der Waals surface area contributed by atoms with E-state index in [0.29, 0.717) is 5.92 Å². The summed E-state index contributed by atoms with van der Waals surface area (Å²) in [6.45, 7) is 4.34. The van der Waals surface area contributed by atoms with Gasteiger partial charge in [0.05, 0.1) is 5.69 Å². The molecule has 0 bridgehead atoms. The highest BCUT2D eigenvalue weighted by Crippen LogP contribution is 2.31. The van der Waals surface area contributed by atoms with Gasteiger partial charge in [-0.3, -0.25) is 4.68 Å². The Labute approximate surface area is 126 Å². The molecule has 1 aromatic carbocycles. The predicted molar refractivity (Wildman–Crippen MR) is 82.0 cm³/mol. The van der Waals surface area contributed by atoms with E-state index in [0.717, 1.165) is 22.2 Å². The van der Waals surface area contributed by atoms with Crippen molar-refractivity contribution < 1.29 is 9.90 Å². The van der Waals surface area contributed by atoms with Crippen LogP contribution in [0.2, 0.25) is 0 Å². The molecule has 0 aliphatic rings. The first-order valence-electron chi connectivity index (χ1n) is 6.51. The Morgan fingerprint density at radius 2 is 2.15 bits per heavy atom. The Bertz CT molecular complexity index is 649. The minimum absolute atomic E-state index is 0.0598. The summed E-state index contributed by atoms with van der Waals surface area (Å²) < 4.78 is 2.64. The average molecular weight is 337 g/mol. The summed E-state index contributed by atoms with van der Waals surface area (Å²) in [5, 5.41) is 13.0. The van der Waals surface area contributed by atoms with Crippen LogP contribution < -0.4 is 0 Å². The molecule has 0 spiro atoms. The monoisotopic (exact) mass is 336 g/mol. The second-order valence-electron chi connectivity index (χ2n) is 4.89. The quantitative estimate of drug-likeness (QED) is 0.915. The van der Waals surface area contributed by atoms with Crippen molar-refractivity contribution in [2.45, 2.75) is 26.2 Å². The molecule has 1 aromatic heterocycles. The Morgan fingerprint density at radius 3 is 2.65 bits per heavy atom. The van der Waals surface area contributed by atoms with Crippen LogP contribution in [0, 0.1) is 0 Å². The zero-order valence-electron chi connectivity index (χ0n) is 11.7. The van der Waals surface area contributed by atoms with Crippen LogP contribution in [0.1, 0.15) is 42.2 Å². The van der Waals surface area contributed by atoms with Gasteiger partial charge in [0, 0.05) is 17.1 Å². The van der Waals surface area contributed by atoms with Gasteiger partial charge >= 0.3 is 5.97 Å². The number of carboxylic acid groups (broad SMARTS) is 1. The number of aromatic nitrogens is 2. The summed E-state index contributed by atoms with van der Waals surface area (Å²) in [5.74, 6) is -0.526. The smallest absolute Gasteiger partial charge is 0.356 e. The molecule has 106 valence electrons. The molecule has 0 aliphatic heterocycles. The third kappa shape index (κ3) is 2.77. The molecule has 1 heterocycles. The third-order valence-electron chi connectivity index (χ3n) is 3.54. The lowest BCUT2D eigenvalue weighted by molar-refractivity contribution is 0.0689. The largest absolute Gasteiger partial charge is 0.476 e. The lowest BCUT2D eigenvalue weighted by Crippen LogP contribution is -1.99. The Balaban J connectivity index is 2.44. The summed E-state index contributed by atoms with van der Waals surface area (Å²) in [7, 11) is 1.75. The summed E-state index contributed by atoms with van der Waals surface area (Å²) in [5.41, 5.74) is 3.06. The summed E-state index contributed by atoms with van der Waals surface area (Å²) in [4.78, 5) is 11.0. The topological polar surface area (TPSA) is 55.1 Å². The van der Waals surface area contributed by atoms with E-state index in [4.69, 9.17) is 5.11 Å². The van der Waals surface area contributed by atoms with Gasteiger partial charge in [0.15, 0.2) is 5.69 Å². The van der Waals surface area contributed by atoms with Crippen LogP contribution >= 0.6 is 15.9 Å². The van der Waals surface area contributed by atoms with Crippen molar-refractivity contribution in [1.82, 2.24) is 9.78 Å². The summed E-state index contributed by atoms with van der Waals surface area (Å²) >= 11 is 3.60. The number of hydrogen-bond donors (Lipinski definition) is 1. The third-order valence-corrected chi connectivity index (χ3v) is 4.23. The number of halogens is 1. The van der Waals surface area contributed by atoms with Crippen molar-refractivity contribution in [3.63, 3.8) is 0 Å². The fraction of sp³-hybridized carbons (Fsp3) is 0.333. The maximum absolute atomic E-state index is 11.0. The molecule has 1 N–H and O–H groups in total. The van der Waals surface area contributed by atoms with Crippen molar-refractivity contribution in [2.24, 2.45) is 7.05 Å². The van der Waals surface area contributed by atoms with Gasteiger partial charge in [0.2, 0.25) is 0 Å². The Kier molecular flexibility index (Phi) is 4.28. The van der Waals surface area contributed by atoms with Crippen molar-refractivity contribution in [1.29, 1.82) is 0 Å². The lowest BCUT2D eigenvalue weighted by atomic mass is 9.97. The summed E-state index contributed by atoms with van der Waals surface area (Å²) in [6.07, 6.45) is 1.08. The van der Waals surface area contributed by atoms with E-state index in [1.54, 1.807) is 17.8 Å². The van der Waals surface area contributed by atoms with Gasteiger partial charge in [-0.25, -0.2) is 4.79 Å². The van der Waals surface area contributed by atoms with Crippen LogP contribution in [0.25, 0.3) is 11.3 Å². The number of hydrogen-bond acceptors (Lipinski definition) is 2. The number of nitrogens with zero attached hydrogens (tertiary/aromatic N) is 2. The van der Waals surface area contributed by atoms with E-state index < -0.39 is 5.97 Å². The fourth-order valence-electron chi connectivity index (χ4n) is 2.15. The molecule has 1 unspecified atom stereocenters. The van der Waals surface area contributed by atoms with Gasteiger partial charge < -0.3 is 5.11 Å². The van der Waals surface area contributed by atoms with Gasteiger partial charge in [0.25, 0.3) is 0 Å². The van der Waals surface area contributed by atoms with Crippen LogP contribution in [-0.2, 0) is 7.05 Å². The molecule has 0 saturated carbocycles. The average Bonchev–Trinajstić information content (AvgIpc) is 2.80. The first-order valence-corrected chi connectivity index (χ1v) is 7.30. The number of aryl methyl sites for hydroxylation is 1. The van der Waals surface area contributed by atoms with Gasteiger partial charge in [0.1, 0.15) is 0 Å². The highest BCUT2D eigenvalue weighted by molar-refractivity contribution is 9.10. The number of benzene rings is 1. The molecule has 0 fully saturated rings. The van der Waals surface area contributed by atoms with E-state index in [2.05, 4.69) is 40.9 Å². The van der Waals surface area contributed by atoms with Crippen LogP contribution in [0.4, 0.5) is 0 Å². The number of rotatable bonds is 4. The van der Waals surface area contributed by atoms with Crippen LogP contribution in [0.15, 0.2) is 28.7 Å². The minimum Gasteiger partial charge on any atom is -0.476 e. The number of carbonyl (C=O) groups is 1. The van der Waals surface area contributed by atoms with Crippen molar-refractivity contribution >= 4 is 21.9 Å². The first-order chi connectivity index (χ1) is 9.43. The van der Waals surface area contributed by atoms with Crippen molar-refractivity contribution in [3.8, 4) is 11.3 Å². The lowest BCUT2D eigenvalue weighted by Gasteiger charge is -2.12. The standard InChI is InChI=1S/C15H17BrN2O2/c1-4-9(2)11-6-5-10(7-12(11)16)14-8-13(15(19)20)17-18(14)3/h5-9H,4H2,1-3H3,(H,19,20). The normalized spacial score (nSPS) is 12.4. The van der Waals surface area contributed by atoms with Gasteiger partial charge in [-0.15, -0.1) is 0 Å².